The monoisotopic (exact) mass is 188 g/mol. The van der Waals surface area contributed by atoms with Gasteiger partial charge in [0.25, 0.3) is 0 Å². The molecule has 0 heterocycles. The fourth-order valence-corrected chi connectivity index (χ4v) is 2.57. The van der Waals surface area contributed by atoms with E-state index in [9.17, 15) is 5.11 Å². The molecule has 14 heavy (non-hydrogen) atoms. The Labute approximate surface area is 84.8 Å². The van der Waals surface area contributed by atoms with Crippen LogP contribution in [0.15, 0.2) is 24.3 Å². The van der Waals surface area contributed by atoms with Crippen LogP contribution in [0.1, 0.15) is 37.2 Å². The maximum Gasteiger partial charge on any atom is 0.119 e. The molecule has 2 fully saturated rings. The Bertz CT molecular complexity index is 325. The van der Waals surface area contributed by atoms with E-state index < -0.39 is 0 Å². The normalized spacial score (nSPS) is 21.5. The molecule has 0 bridgehead atoms. The zero-order valence-electron chi connectivity index (χ0n) is 8.32. The predicted molar refractivity (Wildman–Crippen MR) is 56.3 cm³/mol. The van der Waals surface area contributed by atoms with Crippen LogP contribution in [0, 0.1) is 11.8 Å². The maximum atomic E-state index is 9.83. The molecule has 0 aliphatic heterocycles. The number of para-hydroxylation sites is 1. The smallest absolute Gasteiger partial charge is 0.119 e. The van der Waals surface area contributed by atoms with Crippen LogP contribution in [-0.4, -0.2) is 5.11 Å². The van der Waals surface area contributed by atoms with Gasteiger partial charge in [0, 0.05) is 0 Å². The van der Waals surface area contributed by atoms with Crippen molar-refractivity contribution in [1.82, 2.24) is 0 Å². The molecule has 0 amide bonds. The molecule has 0 unspecified atom stereocenters. The Balaban J connectivity index is 1.93. The SMILES string of the molecule is Oc1ccccc1C(C1CC1)C1CC1. The van der Waals surface area contributed by atoms with E-state index in [2.05, 4.69) is 6.07 Å². The molecule has 1 nitrogen and oxygen atoms in total. The van der Waals surface area contributed by atoms with Crippen molar-refractivity contribution in [1.29, 1.82) is 0 Å². The molecular weight excluding hydrogens is 172 g/mol. The lowest BCUT2D eigenvalue weighted by atomic mass is 9.89. The van der Waals surface area contributed by atoms with Gasteiger partial charge in [-0.05, 0) is 55.1 Å². The maximum absolute atomic E-state index is 9.83. The van der Waals surface area contributed by atoms with E-state index >= 15 is 0 Å². The minimum Gasteiger partial charge on any atom is -0.508 e. The van der Waals surface area contributed by atoms with Gasteiger partial charge < -0.3 is 5.11 Å². The summed E-state index contributed by atoms with van der Waals surface area (Å²) in [6.45, 7) is 0. The summed E-state index contributed by atoms with van der Waals surface area (Å²) in [4.78, 5) is 0. The molecule has 1 N–H and O–H groups in total. The Morgan fingerprint density at radius 3 is 2.07 bits per heavy atom. The first kappa shape index (κ1) is 8.34. The van der Waals surface area contributed by atoms with Gasteiger partial charge in [-0.2, -0.15) is 0 Å². The van der Waals surface area contributed by atoms with Gasteiger partial charge in [-0.1, -0.05) is 18.2 Å². The lowest BCUT2D eigenvalue weighted by Gasteiger charge is -2.16. The minimum atomic E-state index is 0.510. The third kappa shape index (κ3) is 1.41. The lowest BCUT2D eigenvalue weighted by molar-refractivity contribution is 0.443. The van der Waals surface area contributed by atoms with E-state index in [4.69, 9.17) is 0 Å². The molecule has 74 valence electrons. The van der Waals surface area contributed by atoms with Crippen molar-refractivity contribution >= 4 is 0 Å². The van der Waals surface area contributed by atoms with Crippen LogP contribution in [0.3, 0.4) is 0 Å². The molecule has 0 atom stereocenters. The molecular formula is C13H16O. The standard InChI is InChI=1S/C13H16O/c14-12-4-2-1-3-11(12)13(9-5-6-9)10-7-8-10/h1-4,9-10,13-14H,5-8H2. The summed E-state index contributed by atoms with van der Waals surface area (Å²) in [6.07, 6.45) is 5.48. The third-order valence-corrected chi connectivity index (χ3v) is 3.56. The number of phenolic OH excluding ortho intramolecular Hbond substituents is 1. The molecule has 1 aromatic rings. The van der Waals surface area contributed by atoms with Crippen LogP contribution in [0.25, 0.3) is 0 Å². The van der Waals surface area contributed by atoms with Crippen LogP contribution in [0.4, 0.5) is 0 Å². The van der Waals surface area contributed by atoms with Crippen molar-refractivity contribution in [2.75, 3.05) is 0 Å². The summed E-state index contributed by atoms with van der Waals surface area (Å²) in [7, 11) is 0. The van der Waals surface area contributed by atoms with Crippen LogP contribution in [0.5, 0.6) is 5.75 Å². The van der Waals surface area contributed by atoms with E-state index in [0.29, 0.717) is 11.7 Å². The molecule has 2 saturated carbocycles. The number of aromatic hydroxyl groups is 1. The van der Waals surface area contributed by atoms with Crippen molar-refractivity contribution in [3.8, 4) is 5.75 Å². The Hall–Kier alpha value is -0.980. The Kier molecular flexibility index (Phi) is 1.79. The first-order valence-electron chi connectivity index (χ1n) is 5.64. The Morgan fingerprint density at radius 2 is 1.57 bits per heavy atom. The highest BCUT2D eigenvalue weighted by Gasteiger charge is 2.42. The summed E-state index contributed by atoms with van der Waals surface area (Å²) in [5.74, 6) is 2.92. The first-order chi connectivity index (χ1) is 6.86. The first-order valence-corrected chi connectivity index (χ1v) is 5.64. The van der Waals surface area contributed by atoms with Crippen molar-refractivity contribution in [2.24, 2.45) is 11.8 Å². The second-order valence-electron chi connectivity index (χ2n) is 4.76. The highest BCUT2D eigenvalue weighted by molar-refractivity contribution is 5.37. The predicted octanol–water partition coefficient (Wildman–Crippen LogP) is 3.30. The number of benzene rings is 1. The van der Waals surface area contributed by atoms with Gasteiger partial charge in [0.05, 0.1) is 0 Å². The lowest BCUT2D eigenvalue weighted by Crippen LogP contribution is -2.03. The quantitative estimate of drug-likeness (QED) is 0.771. The van der Waals surface area contributed by atoms with Gasteiger partial charge in [-0.3, -0.25) is 0 Å². The van der Waals surface area contributed by atoms with Gasteiger partial charge in [-0.15, -0.1) is 0 Å². The van der Waals surface area contributed by atoms with Gasteiger partial charge >= 0.3 is 0 Å². The molecule has 0 spiro atoms. The fraction of sp³-hybridized carbons (Fsp3) is 0.538. The highest BCUT2D eigenvalue weighted by atomic mass is 16.3. The zero-order chi connectivity index (χ0) is 9.54. The van der Waals surface area contributed by atoms with Crippen molar-refractivity contribution < 1.29 is 5.11 Å². The van der Waals surface area contributed by atoms with Crippen molar-refractivity contribution in [2.45, 2.75) is 31.6 Å². The van der Waals surface area contributed by atoms with E-state index in [1.807, 2.05) is 18.2 Å². The number of hydrogen-bond acceptors (Lipinski definition) is 1. The van der Waals surface area contributed by atoms with E-state index in [-0.39, 0.29) is 0 Å². The molecule has 2 aliphatic carbocycles. The van der Waals surface area contributed by atoms with E-state index in [0.717, 1.165) is 11.8 Å². The van der Waals surface area contributed by atoms with Gasteiger partial charge in [0.2, 0.25) is 0 Å². The fourth-order valence-electron chi connectivity index (χ4n) is 2.57. The molecule has 0 aromatic heterocycles. The second-order valence-corrected chi connectivity index (χ2v) is 4.76. The number of phenols is 1. The van der Waals surface area contributed by atoms with Crippen LogP contribution >= 0.6 is 0 Å². The van der Waals surface area contributed by atoms with Crippen LogP contribution < -0.4 is 0 Å². The summed E-state index contributed by atoms with van der Waals surface area (Å²) >= 11 is 0. The van der Waals surface area contributed by atoms with E-state index in [1.54, 1.807) is 0 Å². The second kappa shape index (κ2) is 3.01. The van der Waals surface area contributed by atoms with Crippen molar-refractivity contribution in [3.63, 3.8) is 0 Å². The highest BCUT2D eigenvalue weighted by Crippen LogP contribution is 2.55. The molecule has 2 aliphatic rings. The molecule has 0 saturated heterocycles. The molecule has 0 radical (unpaired) electrons. The van der Waals surface area contributed by atoms with Crippen molar-refractivity contribution in [3.05, 3.63) is 29.8 Å². The van der Waals surface area contributed by atoms with Crippen LogP contribution in [-0.2, 0) is 0 Å². The molecule has 1 heteroatoms. The Morgan fingerprint density at radius 1 is 1.00 bits per heavy atom. The zero-order valence-corrected chi connectivity index (χ0v) is 8.32. The van der Waals surface area contributed by atoms with Crippen LogP contribution in [0.2, 0.25) is 0 Å². The van der Waals surface area contributed by atoms with Gasteiger partial charge in [0.15, 0.2) is 0 Å². The number of rotatable bonds is 3. The number of hydrogen-bond donors (Lipinski definition) is 1. The largest absolute Gasteiger partial charge is 0.508 e. The van der Waals surface area contributed by atoms with Gasteiger partial charge in [0.1, 0.15) is 5.75 Å². The average molecular weight is 188 g/mol. The summed E-state index contributed by atoms with van der Waals surface area (Å²) < 4.78 is 0. The average Bonchev–Trinajstić information content (AvgIpc) is 2.99. The summed E-state index contributed by atoms with van der Waals surface area (Å²) in [6, 6.07) is 7.90. The summed E-state index contributed by atoms with van der Waals surface area (Å²) in [5, 5.41) is 9.83. The van der Waals surface area contributed by atoms with Gasteiger partial charge in [-0.25, -0.2) is 0 Å². The third-order valence-electron chi connectivity index (χ3n) is 3.56. The molecule has 1 aromatic carbocycles. The molecule has 3 rings (SSSR count). The van der Waals surface area contributed by atoms with E-state index in [1.165, 1.54) is 31.2 Å². The summed E-state index contributed by atoms with van der Waals surface area (Å²) in [5.41, 5.74) is 1.21. The topological polar surface area (TPSA) is 20.2 Å². The minimum absolute atomic E-state index is 0.510.